The third-order valence-electron chi connectivity index (χ3n) is 4.25. The van der Waals surface area contributed by atoms with Gasteiger partial charge in [0.15, 0.2) is 0 Å². The van der Waals surface area contributed by atoms with Crippen LogP contribution in [0, 0.1) is 0 Å². The maximum atomic E-state index is 12.1. The van der Waals surface area contributed by atoms with Crippen molar-refractivity contribution in [3.63, 3.8) is 0 Å². The molecule has 1 aliphatic heterocycles. The highest BCUT2D eigenvalue weighted by molar-refractivity contribution is 5.65. The molecule has 0 spiro atoms. The van der Waals surface area contributed by atoms with Crippen molar-refractivity contribution in [1.82, 2.24) is 19.9 Å². The SMILES string of the molecule is COCCN1CCN(c2nc(-c3cccnc3OC)cc(=O)[nH]2)CC1. The molecule has 0 saturated carbocycles. The topological polar surface area (TPSA) is 83.6 Å². The van der Waals surface area contributed by atoms with E-state index >= 15 is 0 Å². The number of methoxy groups -OCH3 is 2. The second kappa shape index (κ2) is 8.09. The quantitative estimate of drug-likeness (QED) is 0.821. The van der Waals surface area contributed by atoms with E-state index in [0.29, 0.717) is 23.1 Å². The lowest BCUT2D eigenvalue weighted by Gasteiger charge is -2.34. The van der Waals surface area contributed by atoms with Crippen molar-refractivity contribution >= 4 is 5.95 Å². The lowest BCUT2D eigenvalue weighted by atomic mass is 10.2. The van der Waals surface area contributed by atoms with Crippen molar-refractivity contribution in [2.45, 2.75) is 0 Å². The van der Waals surface area contributed by atoms with Gasteiger partial charge in [0.05, 0.1) is 25.0 Å². The van der Waals surface area contributed by atoms with Crippen LogP contribution in [0.15, 0.2) is 29.2 Å². The minimum atomic E-state index is -0.187. The average molecular weight is 345 g/mol. The summed E-state index contributed by atoms with van der Waals surface area (Å²) in [7, 11) is 3.27. The Hall–Kier alpha value is -2.45. The highest BCUT2D eigenvalue weighted by atomic mass is 16.5. The number of pyridine rings is 1. The third kappa shape index (κ3) is 4.15. The number of anilines is 1. The Bertz CT molecular complexity index is 756. The lowest BCUT2D eigenvalue weighted by molar-refractivity contribution is 0.143. The number of aromatic nitrogens is 3. The molecule has 0 amide bonds. The van der Waals surface area contributed by atoms with Crippen LogP contribution in [0.3, 0.4) is 0 Å². The van der Waals surface area contributed by atoms with E-state index in [9.17, 15) is 4.79 Å². The molecule has 134 valence electrons. The van der Waals surface area contributed by atoms with Crippen LogP contribution in [0.25, 0.3) is 11.3 Å². The second-order valence-electron chi connectivity index (χ2n) is 5.84. The van der Waals surface area contributed by atoms with Crippen LogP contribution in [0.2, 0.25) is 0 Å². The Morgan fingerprint density at radius 1 is 1.24 bits per heavy atom. The van der Waals surface area contributed by atoms with Crippen LogP contribution in [-0.4, -0.2) is 73.4 Å². The molecule has 0 aliphatic carbocycles. The predicted octanol–water partition coefficient (Wildman–Crippen LogP) is 0.609. The molecule has 2 aromatic rings. The molecule has 3 heterocycles. The van der Waals surface area contributed by atoms with Crippen molar-refractivity contribution in [2.75, 3.05) is 58.5 Å². The Labute approximate surface area is 146 Å². The molecule has 0 aromatic carbocycles. The van der Waals surface area contributed by atoms with Crippen molar-refractivity contribution in [3.8, 4) is 17.1 Å². The normalized spacial score (nSPS) is 15.4. The van der Waals surface area contributed by atoms with Gasteiger partial charge in [-0.1, -0.05) is 0 Å². The van der Waals surface area contributed by atoms with E-state index in [0.717, 1.165) is 39.3 Å². The van der Waals surface area contributed by atoms with E-state index in [2.05, 4.69) is 24.8 Å². The van der Waals surface area contributed by atoms with Gasteiger partial charge in [-0.25, -0.2) is 9.97 Å². The molecular weight excluding hydrogens is 322 g/mol. The van der Waals surface area contributed by atoms with Crippen molar-refractivity contribution in [3.05, 3.63) is 34.7 Å². The number of piperazine rings is 1. The summed E-state index contributed by atoms with van der Waals surface area (Å²) in [6.07, 6.45) is 1.65. The van der Waals surface area contributed by atoms with Crippen LogP contribution in [0.1, 0.15) is 0 Å². The molecule has 8 heteroatoms. The second-order valence-corrected chi connectivity index (χ2v) is 5.84. The van der Waals surface area contributed by atoms with Crippen LogP contribution in [0.4, 0.5) is 5.95 Å². The maximum Gasteiger partial charge on any atom is 0.252 e. The van der Waals surface area contributed by atoms with Crippen LogP contribution in [0.5, 0.6) is 5.88 Å². The summed E-state index contributed by atoms with van der Waals surface area (Å²) in [5, 5.41) is 0. The standard InChI is InChI=1S/C17H23N5O3/c1-24-11-10-21-6-8-22(9-7-21)17-19-14(12-15(23)20-17)13-4-3-5-18-16(13)25-2/h3-5,12H,6-11H2,1-2H3,(H,19,20,23). The minimum absolute atomic E-state index is 0.187. The highest BCUT2D eigenvalue weighted by Crippen LogP contribution is 2.26. The van der Waals surface area contributed by atoms with E-state index in [4.69, 9.17) is 9.47 Å². The van der Waals surface area contributed by atoms with Gasteiger partial charge in [0, 0.05) is 52.1 Å². The summed E-state index contributed by atoms with van der Waals surface area (Å²) in [5.74, 6) is 1.04. The third-order valence-corrected chi connectivity index (χ3v) is 4.25. The molecular formula is C17H23N5O3. The Kier molecular flexibility index (Phi) is 5.62. The van der Waals surface area contributed by atoms with Gasteiger partial charge in [0.2, 0.25) is 11.8 Å². The van der Waals surface area contributed by atoms with Crippen molar-refractivity contribution < 1.29 is 9.47 Å². The lowest BCUT2D eigenvalue weighted by Crippen LogP contribution is -2.48. The molecule has 0 unspecified atom stereocenters. The van der Waals surface area contributed by atoms with Gasteiger partial charge >= 0.3 is 0 Å². The first-order valence-electron chi connectivity index (χ1n) is 8.28. The molecule has 1 N–H and O–H groups in total. The molecule has 8 nitrogen and oxygen atoms in total. The molecule has 0 bridgehead atoms. The van der Waals surface area contributed by atoms with Gasteiger partial charge in [-0.3, -0.25) is 14.7 Å². The molecule has 0 radical (unpaired) electrons. The number of hydrogen-bond acceptors (Lipinski definition) is 7. The molecule has 25 heavy (non-hydrogen) atoms. The fraction of sp³-hybridized carbons (Fsp3) is 0.471. The molecule has 1 aliphatic rings. The monoisotopic (exact) mass is 345 g/mol. The van der Waals surface area contributed by atoms with Crippen LogP contribution < -0.4 is 15.2 Å². The van der Waals surface area contributed by atoms with Crippen LogP contribution >= 0.6 is 0 Å². The Morgan fingerprint density at radius 3 is 2.76 bits per heavy atom. The highest BCUT2D eigenvalue weighted by Gasteiger charge is 2.19. The number of nitrogens with zero attached hydrogens (tertiary/aromatic N) is 4. The summed E-state index contributed by atoms with van der Waals surface area (Å²) in [6, 6.07) is 5.12. The predicted molar refractivity (Wildman–Crippen MR) is 95.2 cm³/mol. The van der Waals surface area contributed by atoms with Gasteiger partial charge < -0.3 is 14.4 Å². The van der Waals surface area contributed by atoms with Gasteiger partial charge in [-0.05, 0) is 12.1 Å². The van der Waals surface area contributed by atoms with E-state index in [1.165, 1.54) is 6.07 Å². The Morgan fingerprint density at radius 2 is 2.04 bits per heavy atom. The maximum absolute atomic E-state index is 12.1. The molecule has 1 fully saturated rings. The van der Waals surface area contributed by atoms with Gasteiger partial charge in [-0.15, -0.1) is 0 Å². The molecule has 2 aromatic heterocycles. The smallest absolute Gasteiger partial charge is 0.252 e. The summed E-state index contributed by atoms with van der Waals surface area (Å²) in [6.45, 7) is 5.08. The number of rotatable bonds is 6. The van der Waals surface area contributed by atoms with Crippen molar-refractivity contribution in [2.24, 2.45) is 0 Å². The number of H-pyrrole nitrogens is 1. The summed E-state index contributed by atoms with van der Waals surface area (Å²) in [4.78, 5) is 28.2. The molecule has 1 saturated heterocycles. The largest absolute Gasteiger partial charge is 0.481 e. The minimum Gasteiger partial charge on any atom is -0.481 e. The zero-order valence-electron chi connectivity index (χ0n) is 14.6. The van der Waals surface area contributed by atoms with Gasteiger partial charge in [0.1, 0.15) is 0 Å². The first-order chi connectivity index (χ1) is 12.2. The number of nitrogens with one attached hydrogen (secondary N) is 1. The fourth-order valence-electron chi connectivity index (χ4n) is 2.88. The summed E-state index contributed by atoms with van der Waals surface area (Å²) in [5.41, 5.74) is 1.08. The summed E-state index contributed by atoms with van der Waals surface area (Å²) >= 11 is 0. The Balaban J connectivity index is 1.80. The molecule has 0 atom stereocenters. The number of ether oxygens (including phenoxy) is 2. The number of aromatic amines is 1. The van der Waals surface area contributed by atoms with Crippen molar-refractivity contribution in [1.29, 1.82) is 0 Å². The molecule has 3 rings (SSSR count). The number of hydrogen-bond donors (Lipinski definition) is 1. The average Bonchev–Trinajstić information content (AvgIpc) is 2.66. The summed E-state index contributed by atoms with van der Waals surface area (Å²) < 4.78 is 10.4. The fourth-order valence-corrected chi connectivity index (χ4v) is 2.88. The van der Waals surface area contributed by atoms with E-state index in [1.54, 1.807) is 26.5 Å². The van der Waals surface area contributed by atoms with Gasteiger partial charge in [-0.2, -0.15) is 0 Å². The van der Waals surface area contributed by atoms with E-state index in [-0.39, 0.29) is 5.56 Å². The van der Waals surface area contributed by atoms with E-state index in [1.807, 2.05) is 6.07 Å². The zero-order valence-corrected chi connectivity index (χ0v) is 14.6. The zero-order chi connectivity index (χ0) is 17.6. The van der Waals surface area contributed by atoms with Gasteiger partial charge in [0.25, 0.3) is 5.56 Å². The first kappa shape index (κ1) is 17.4. The van der Waals surface area contributed by atoms with E-state index < -0.39 is 0 Å². The first-order valence-corrected chi connectivity index (χ1v) is 8.28. The van der Waals surface area contributed by atoms with Crippen LogP contribution in [-0.2, 0) is 4.74 Å².